The first kappa shape index (κ1) is 12.6. The summed E-state index contributed by atoms with van der Waals surface area (Å²) in [5.74, 6) is 0. The fourth-order valence-corrected chi connectivity index (χ4v) is 1.89. The number of nitriles is 2. The second-order valence-corrected chi connectivity index (χ2v) is 4.20. The lowest BCUT2D eigenvalue weighted by molar-refractivity contribution is 1.11. The summed E-state index contributed by atoms with van der Waals surface area (Å²) < 4.78 is 0. The highest BCUT2D eigenvalue weighted by Gasteiger charge is 2.08. The first-order valence-electron chi connectivity index (χ1n) is 5.79. The molecule has 1 aromatic heterocycles. The number of hydrogen-bond donors (Lipinski definition) is 1. The Kier molecular flexibility index (Phi) is 3.45. The Labute approximate surface area is 112 Å². The van der Waals surface area contributed by atoms with Crippen LogP contribution >= 0.6 is 0 Å². The molecule has 1 heterocycles. The van der Waals surface area contributed by atoms with Gasteiger partial charge in [-0.3, -0.25) is 4.98 Å². The second kappa shape index (κ2) is 5.20. The molecule has 0 saturated carbocycles. The van der Waals surface area contributed by atoms with Gasteiger partial charge in [0, 0.05) is 11.4 Å². The molecule has 19 heavy (non-hydrogen) atoms. The first-order chi connectivity index (χ1) is 9.13. The van der Waals surface area contributed by atoms with Crippen molar-refractivity contribution >= 4 is 11.4 Å². The van der Waals surface area contributed by atoms with Crippen molar-refractivity contribution in [1.29, 1.82) is 10.5 Å². The Balaban J connectivity index is 2.44. The van der Waals surface area contributed by atoms with E-state index < -0.39 is 0 Å². The Morgan fingerprint density at radius 3 is 2.58 bits per heavy atom. The van der Waals surface area contributed by atoms with Gasteiger partial charge >= 0.3 is 0 Å². The first-order valence-corrected chi connectivity index (χ1v) is 5.79. The molecule has 0 unspecified atom stereocenters. The van der Waals surface area contributed by atoms with Crippen LogP contribution in [-0.4, -0.2) is 4.98 Å². The van der Waals surface area contributed by atoms with E-state index in [1.54, 1.807) is 18.2 Å². The van der Waals surface area contributed by atoms with Crippen molar-refractivity contribution in [3.63, 3.8) is 0 Å². The Morgan fingerprint density at radius 2 is 1.89 bits per heavy atom. The van der Waals surface area contributed by atoms with Crippen molar-refractivity contribution in [2.45, 2.75) is 13.8 Å². The molecule has 0 atom stereocenters. The van der Waals surface area contributed by atoms with Crippen LogP contribution in [0.4, 0.5) is 11.4 Å². The second-order valence-electron chi connectivity index (χ2n) is 4.20. The molecule has 2 rings (SSSR count). The maximum atomic E-state index is 9.19. The Morgan fingerprint density at radius 1 is 1.11 bits per heavy atom. The number of hydrogen-bond acceptors (Lipinski definition) is 4. The number of benzene rings is 1. The van der Waals surface area contributed by atoms with E-state index in [9.17, 15) is 5.26 Å². The van der Waals surface area contributed by atoms with Gasteiger partial charge in [0.15, 0.2) is 0 Å². The minimum Gasteiger partial charge on any atom is -0.354 e. The zero-order chi connectivity index (χ0) is 13.8. The Hall–Kier alpha value is -2.85. The van der Waals surface area contributed by atoms with E-state index in [2.05, 4.69) is 22.4 Å². The number of rotatable bonds is 2. The number of aromatic nitrogens is 1. The molecule has 0 aliphatic heterocycles. The Bertz CT molecular complexity index is 705. The molecular weight excluding hydrogens is 236 g/mol. The summed E-state index contributed by atoms with van der Waals surface area (Å²) in [6.45, 7) is 3.69. The summed E-state index contributed by atoms with van der Waals surface area (Å²) in [5, 5.41) is 21.2. The highest BCUT2D eigenvalue weighted by Crippen LogP contribution is 2.23. The third kappa shape index (κ3) is 2.70. The summed E-state index contributed by atoms with van der Waals surface area (Å²) in [4.78, 5) is 4.27. The maximum absolute atomic E-state index is 9.19. The number of aryl methyl sites for hydroxylation is 2. The van der Waals surface area contributed by atoms with Crippen molar-refractivity contribution in [2.24, 2.45) is 0 Å². The topological polar surface area (TPSA) is 72.5 Å². The summed E-state index contributed by atoms with van der Waals surface area (Å²) in [5.41, 5.74) is 4.12. The number of anilines is 2. The normalized spacial score (nSPS) is 9.47. The summed E-state index contributed by atoms with van der Waals surface area (Å²) >= 11 is 0. The minimum atomic E-state index is 0.521. The average molecular weight is 248 g/mol. The molecule has 0 amide bonds. The van der Waals surface area contributed by atoms with Crippen molar-refractivity contribution in [3.8, 4) is 12.1 Å². The molecule has 0 aliphatic rings. The minimum absolute atomic E-state index is 0.521. The van der Waals surface area contributed by atoms with E-state index in [0.29, 0.717) is 22.5 Å². The van der Waals surface area contributed by atoms with Gasteiger partial charge in [-0.2, -0.15) is 10.5 Å². The van der Waals surface area contributed by atoms with E-state index in [1.807, 2.05) is 26.0 Å². The molecule has 4 heteroatoms. The molecule has 0 bridgehead atoms. The monoisotopic (exact) mass is 248 g/mol. The van der Waals surface area contributed by atoms with Crippen LogP contribution in [0.15, 0.2) is 30.3 Å². The summed E-state index contributed by atoms with van der Waals surface area (Å²) in [6, 6.07) is 13.2. The smallest absolute Gasteiger partial charge is 0.103 e. The zero-order valence-electron chi connectivity index (χ0n) is 10.7. The van der Waals surface area contributed by atoms with E-state index in [-0.39, 0.29) is 0 Å². The van der Waals surface area contributed by atoms with Crippen LogP contribution in [0.25, 0.3) is 0 Å². The molecule has 0 saturated heterocycles. The fraction of sp³-hybridized carbons (Fsp3) is 0.133. The molecule has 0 aliphatic carbocycles. The molecule has 0 radical (unpaired) electrons. The van der Waals surface area contributed by atoms with E-state index in [1.165, 1.54) is 0 Å². The van der Waals surface area contributed by atoms with Crippen LogP contribution in [0.3, 0.4) is 0 Å². The van der Waals surface area contributed by atoms with E-state index in [0.717, 1.165) is 11.4 Å². The van der Waals surface area contributed by atoms with Crippen LogP contribution in [0.2, 0.25) is 0 Å². The average Bonchev–Trinajstić information content (AvgIpc) is 2.38. The van der Waals surface area contributed by atoms with Gasteiger partial charge < -0.3 is 5.32 Å². The standard InChI is InChI=1S/C15H12N4/c1-10-6-15(14(9-17)11(2)18-10)19-13-5-3-4-12(7-13)8-16/h3-7H,1-2H3,(H,18,19). The maximum Gasteiger partial charge on any atom is 0.103 e. The lowest BCUT2D eigenvalue weighted by Crippen LogP contribution is -1.99. The van der Waals surface area contributed by atoms with Crippen molar-refractivity contribution in [2.75, 3.05) is 5.32 Å². The van der Waals surface area contributed by atoms with Gasteiger partial charge in [0.2, 0.25) is 0 Å². The number of nitrogens with zero attached hydrogens (tertiary/aromatic N) is 3. The van der Waals surface area contributed by atoms with Crippen molar-refractivity contribution in [1.82, 2.24) is 4.98 Å². The van der Waals surface area contributed by atoms with E-state index >= 15 is 0 Å². The van der Waals surface area contributed by atoms with Crippen LogP contribution in [-0.2, 0) is 0 Å². The lowest BCUT2D eigenvalue weighted by atomic mass is 10.1. The predicted octanol–water partition coefficient (Wildman–Crippen LogP) is 3.19. The number of pyridine rings is 1. The molecule has 0 fully saturated rings. The van der Waals surface area contributed by atoms with Crippen LogP contribution in [0.1, 0.15) is 22.5 Å². The molecule has 0 spiro atoms. The van der Waals surface area contributed by atoms with E-state index in [4.69, 9.17) is 5.26 Å². The quantitative estimate of drug-likeness (QED) is 0.885. The van der Waals surface area contributed by atoms with Gasteiger partial charge in [0.25, 0.3) is 0 Å². The highest BCUT2D eigenvalue weighted by molar-refractivity contribution is 5.68. The van der Waals surface area contributed by atoms with Gasteiger partial charge in [0.1, 0.15) is 6.07 Å². The third-order valence-electron chi connectivity index (χ3n) is 2.71. The van der Waals surface area contributed by atoms with Gasteiger partial charge in [-0.25, -0.2) is 0 Å². The SMILES string of the molecule is Cc1cc(Nc2cccc(C#N)c2)c(C#N)c(C)n1. The lowest BCUT2D eigenvalue weighted by Gasteiger charge is -2.11. The van der Waals surface area contributed by atoms with Crippen molar-refractivity contribution in [3.05, 3.63) is 52.8 Å². The van der Waals surface area contributed by atoms with Gasteiger partial charge in [-0.15, -0.1) is 0 Å². The summed E-state index contributed by atoms with van der Waals surface area (Å²) in [7, 11) is 0. The molecule has 92 valence electrons. The van der Waals surface area contributed by atoms with Crippen molar-refractivity contribution < 1.29 is 0 Å². The largest absolute Gasteiger partial charge is 0.354 e. The predicted molar refractivity (Wildman–Crippen MR) is 72.9 cm³/mol. The van der Waals surface area contributed by atoms with Gasteiger partial charge in [-0.05, 0) is 38.1 Å². The van der Waals surface area contributed by atoms with Gasteiger partial charge in [0.05, 0.1) is 28.6 Å². The number of nitrogens with one attached hydrogen (secondary N) is 1. The zero-order valence-corrected chi connectivity index (χ0v) is 10.7. The summed E-state index contributed by atoms with van der Waals surface area (Å²) in [6.07, 6.45) is 0. The molecular formula is C15H12N4. The van der Waals surface area contributed by atoms with Crippen LogP contribution in [0, 0.1) is 36.5 Å². The molecule has 2 aromatic rings. The molecule has 4 nitrogen and oxygen atoms in total. The molecule has 1 aromatic carbocycles. The highest BCUT2D eigenvalue weighted by atomic mass is 14.9. The van der Waals surface area contributed by atoms with Crippen LogP contribution < -0.4 is 5.32 Å². The van der Waals surface area contributed by atoms with Crippen LogP contribution in [0.5, 0.6) is 0 Å². The third-order valence-corrected chi connectivity index (χ3v) is 2.71. The van der Waals surface area contributed by atoms with Gasteiger partial charge in [-0.1, -0.05) is 6.07 Å². The fourth-order valence-electron chi connectivity index (χ4n) is 1.89. The molecule has 1 N–H and O–H groups in total.